The van der Waals surface area contributed by atoms with Crippen LogP contribution in [-0.4, -0.2) is 4.98 Å². The SMILES string of the molecule is [O]c1ncc(F)cc1F. The average molecular weight is 130 g/mol. The third kappa shape index (κ3) is 1.13. The molecule has 0 aromatic carbocycles. The van der Waals surface area contributed by atoms with E-state index in [9.17, 15) is 13.9 Å². The van der Waals surface area contributed by atoms with Gasteiger partial charge in [0, 0.05) is 6.07 Å². The van der Waals surface area contributed by atoms with Crippen molar-refractivity contribution in [1.29, 1.82) is 0 Å². The maximum atomic E-state index is 12.0. The molecule has 1 heterocycles. The molecule has 0 aliphatic rings. The lowest BCUT2D eigenvalue weighted by molar-refractivity contribution is 0.309. The number of hydrogen-bond donors (Lipinski definition) is 0. The monoisotopic (exact) mass is 130 g/mol. The molecule has 2 nitrogen and oxygen atoms in total. The van der Waals surface area contributed by atoms with E-state index in [-0.39, 0.29) is 0 Å². The summed E-state index contributed by atoms with van der Waals surface area (Å²) in [7, 11) is 0. The molecule has 0 saturated carbocycles. The Labute approximate surface area is 49.8 Å². The van der Waals surface area contributed by atoms with Gasteiger partial charge in [-0.2, -0.15) is 0 Å². The second kappa shape index (κ2) is 1.97. The molecule has 1 aromatic rings. The fourth-order valence-corrected chi connectivity index (χ4v) is 0.402. The molecule has 0 saturated heterocycles. The van der Waals surface area contributed by atoms with Gasteiger partial charge in [-0.25, -0.2) is 13.8 Å². The molecule has 0 atom stereocenters. The minimum absolute atomic E-state index is 0.495. The van der Waals surface area contributed by atoms with Gasteiger partial charge in [0.1, 0.15) is 5.82 Å². The summed E-state index contributed by atoms with van der Waals surface area (Å²) < 4.78 is 23.9. The summed E-state index contributed by atoms with van der Waals surface area (Å²) in [4.78, 5) is 2.87. The number of rotatable bonds is 0. The van der Waals surface area contributed by atoms with Crippen molar-refractivity contribution in [2.24, 2.45) is 0 Å². The van der Waals surface area contributed by atoms with Gasteiger partial charge in [0.25, 0.3) is 0 Å². The first kappa shape index (κ1) is 5.94. The number of aromatic nitrogens is 1. The van der Waals surface area contributed by atoms with Crippen LogP contribution in [0.3, 0.4) is 0 Å². The van der Waals surface area contributed by atoms with Gasteiger partial charge >= 0.3 is 5.88 Å². The molecule has 0 bridgehead atoms. The summed E-state index contributed by atoms with van der Waals surface area (Å²) in [6.07, 6.45) is 0.672. The van der Waals surface area contributed by atoms with Crippen molar-refractivity contribution < 1.29 is 13.9 Å². The van der Waals surface area contributed by atoms with E-state index in [1.165, 1.54) is 0 Å². The zero-order valence-electron chi connectivity index (χ0n) is 4.27. The molecular formula is C5H2F2NO. The van der Waals surface area contributed by atoms with Crippen molar-refractivity contribution in [3.63, 3.8) is 0 Å². The summed E-state index contributed by atoms with van der Waals surface area (Å²) >= 11 is 0. The summed E-state index contributed by atoms with van der Waals surface area (Å²) in [6.45, 7) is 0. The van der Waals surface area contributed by atoms with Crippen LogP contribution in [0.2, 0.25) is 0 Å². The topological polar surface area (TPSA) is 32.8 Å². The number of hydrogen-bond acceptors (Lipinski definition) is 1. The minimum atomic E-state index is -1.16. The van der Waals surface area contributed by atoms with Crippen LogP contribution in [0.4, 0.5) is 8.78 Å². The van der Waals surface area contributed by atoms with Crippen LogP contribution in [0.25, 0.3) is 0 Å². The fraction of sp³-hybridized carbons (Fsp3) is 0. The van der Waals surface area contributed by atoms with Gasteiger partial charge in [-0.15, -0.1) is 0 Å². The lowest BCUT2D eigenvalue weighted by atomic mass is 10.4. The predicted molar refractivity (Wildman–Crippen MR) is 24.3 cm³/mol. The largest absolute Gasteiger partial charge is 0.305 e. The van der Waals surface area contributed by atoms with Crippen LogP contribution < -0.4 is 0 Å². The fourth-order valence-electron chi connectivity index (χ4n) is 0.402. The Morgan fingerprint density at radius 3 is 2.56 bits per heavy atom. The predicted octanol–water partition coefficient (Wildman–Crippen LogP) is 1.50. The van der Waals surface area contributed by atoms with Gasteiger partial charge in [0.2, 0.25) is 0 Å². The minimum Gasteiger partial charge on any atom is -0.264 e. The molecule has 0 aliphatic heterocycles. The molecule has 1 radical (unpaired) electrons. The lowest BCUT2D eigenvalue weighted by Gasteiger charge is -1.87. The van der Waals surface area contributed by atoms with E-state index in [2.05, 4.69) is 4.98 Å². The van der Waals surface area contributed by atoms with Crippen LogP contribution in [-0.2, 0) is 5.11 Å². The van der Waals surface area contributed by atoms with E-state index >= 15 is 0 Å². The zero-order chi connectivity index (χ0) is 6.85. The first-order valence-electron chi connectivity index (χ1n) is 2.18. The standard InChI is InChI=1S/C5H2F2NO/c6-3-1-4(7)5(9)8-2-3/h1-2H. The summed E-state index contributed by atoms with van der Waals surface area (Å²) in [5, 5.41) is 10.1. The van der Waals surface area contributed by atoms with Gasteiger partial charge in [0.15, 0.2) is 5.82 Å². The second-order valence-electron chi connectivity index (χ2n) is 1.44. The van der Waals surface area contributed by atoms with E-state index < -0.39 is 17.5 Å². The van der Waals surface area contributed by atoms with Gasteiger partial charge < -0.3 is 0 Å². The van der Waals surface area contributed by atoms with E-state index in [0.29, 0.717) is 12.3 Å². The summed E-state index contributed by atoms with van der Waals surface area (Å²) in [6, 6.07) is 0.495. The van der Waals surface area contributed by atoms with E-state index in [1.807, 2.05) is 0 Å². The highest BCUT2D eigenvalue weighted by Gasteiger charge is 2.02. The number of halogens is 2. The van der Waals surface area contributed by atoms with Crippen molar-refractivity contribution in [3.8, 4) is 5.88 Å². The van der Waals surface area contributed by atoms with Gasteiger partial charge in [-0.05, 0) is 0 Å². The Morgan fingerprint density at radius 2 is 2.11 bits per heavy atom. The summed E-state index contributed by atoms with van der Waals surface area (Å²) in [5.41, 5.74) is 0. The smallest absolute Gasteiger partial charge is 0.264 e. The second-order valence-corrected chi connectivity index (χ2v) is 1.44. The normalized spacial score (nSPS) is 9.56. The zero-order valence-corrected chi connectivity index (χ0v) is 4.27. The van der Waals surface area contributed by atoms with Crippen LogP contribution in [0.15, 0.2) is 12.3 Å². The van der Waals surface area contributed by atoms with Gasteiger partial charge in [-0.1, -0.05) is 0 Å². The van der Waals surface area contributed by atoms with E-state index in [0.717, 1.165) is 0 Å². The van der Waals surface area contributed by atoms with Gasteiger partial charge in [0.05, 0.1) is 6.20 Å². The maximum absolute atomic E-state index is 12.0. The van der Waals surface area contributed by atoms with Crippen LogP contribution in [0, 0.1) is 11.6 Å². The first-order chi connectivity index (χ1) is 4.20. The van der Waals surface area contributed by atoms with E-state index in [1.54, 1.807) is 0 Å². The highest BCUT2D eigenvalue weighted by Crippen LogP contribution is 2.11. The van der Waals surface area contributed by atoms with Crippen molar-refractivity contribution in [2.75, 3.05) is 0 Å². The van der Waals surface area contributed by atoms with Gasteiger partial charge in [-0.3, -0.25) is 5.11 Å². The van der Waals surface area contributed by atoms with Crippen LogP contribution in [0.5, 0.6) is 5.88 Å². The Balaban J connectivity index is 3.17. The number of nitrogens with zero attached hydrogens (tertiary/aromatic N) is 1. The van der Waals surface area contributed by atoms with Crippen molar-refractivity contribution in [3.05, 3.63) is 23.9 Å². The van der Waals surface area contributed by atoms with Crippen LogP contribution in [0.1, 0.15) is 0 Å². The molecule has 0 N–H and O–H groups in total. The molecule has 9 heavy (non-hydrogen) atoms. The quantitative estimate of drug-likeness (QED) is 0.523. The van der Waals surface area contributed by atoms with Crippen molar-refractivity contribution in [1.82, 2.24) is 4.98 Å². The highest BCUT2D eigenvalue weighted by atomic mass is 19.1. The lowest BCUT2D eigenvalue weighted by Crippen LogP contribution is -1.81. The highest BCUT2D eigenvalue weighted by molar-refractivity contribution is 5.11. The Hall–Kier alpha value is -1.19. The average Bonchev–Trinajstić information content (AvgIpc) is 1.80. The molecule has 47 valence electrons. The Morgan fingerprint density at radius 1 is 1.44 bits per heavy atom. The van der Waals surface area contributed by atoms with Crippen molar-refractivity contribution >= 4 is 0 Å². The molecule has 0 amide bonds. The third-order valence-electron chi connectivity index (χ3n) is 0.774. The molecule has 1 rings (SSSR count). The molecule has 0 fully saturated rings. The maximum Gasteiger partial charge on any atom is 0.305 e. The number of pyridine rings is 1. The molecule has 4 heteroatoms. The van der Waals surface area contributed by atoms with E-state index in [4.69, 9.17) is 0 Å². The molecule has 0 aliphatic carbocycles. The third-order valence-corrected chi connectivity index (χ3v) is 0.774. The Kier molecular flexibility index (Phi) is 1.30. The molecule has 1 aromatic heterocycles. The first-order valence-corrected chi connectivity index (χ1v) is 2.18. The summed E-state index contributed by atoms with van der Waals surface area (Å²) in [5.74, 6) is -3.03. The Bertz CT molecular complexity index is 226. The molecular weight excluding hydrogens is 128 g/mol. The van der Waals surface area contributed by atoms with Crippen LogP contribution >= 0.6 is 0 Å². The van der Waals surface area contributed by atoms with Crippen molar-refractivity contribution in [2.45, 2.75) is 0 Å². The molecule has 0 spiro atoms. The molecule has 0 unspecified atom stereocenters.